The summed E-state index contributed by atoms with van der Waals surface area (Å²) in [5, 5.41) is 10.5. The van der Waals surface area contributed by atoms with E-state index in [0.717, 1.165) is 50.1 Å². The molecule has 7 N–H and O–H groups in total. The van der Waals surface area contributed by atoms with Gasteiger partial charge >= 0.3 is 0 Å². The number of carbonyl (C=O) groups is 2. The average molecular weight is 687 g/mol. The van der Waals surface area contributed by atoms with E-state index in [1.165, 1.54) is 6.07 Å². The molecule has 48 heavy (non-hydrogen) atoms. The predicted octanol–water partition coefficient (Wildman–Crippen LogP) is 2.02. The van der Waals surface area contributed by atoms with Gasteiger partial charge in [-0.1, -0.05) is 17.7 Å². The number of nitrogens with two attached hydrogens (primary N) is 2. The van der Waals surface area contributed by atoms with Gasteiger partial charge < -0.3 is 42.0 Å². The Balaban J connectivity index is 1.05. The first-order chi connectivity index (χ1) is 23.2. The molecule has 3 fully saturated rings. The van der Waals surface area contributed by atoms with Crippen molar-refractivity contribution in [2.45, 2.75) is 57.3 Å². The molecule has 264 valence electrons. The Hall–Kier alpha value is -3.00. The van der Waals surface area contributed by atoms with Crippen molar-refractivity contribution < 1.29 is 18.7 Å². The zero-order chi connectivity index (χ0) is 34.0. The summed E-state index contributed by atoms with van der Waals surface area (Å²) in [6, 6.07) is 10.3. The minimum absolute atomic E-state index is 0.0122. The molecule has 0 spiro atoms. The smallest absolute Gasteiger partial charge is 0.239 e. The number of hydrogen-bond acceptors (Lipinski definition) is 9. The van der Waals surface area contributed by atoms with Crippen molar-refractivity contribution >= 4 is 29.1 Å². The Kier molecular flexibility index (Phi) is 13.3. The molecule has 0 aliphatic carbocycles. The summed E-state index contributed by atoms with van der Waals surface area (Å²) in [6.45, 7) is 9.58. The molecular formula is C35H52ClFN8O3. The van der Waals surface area contributed by atoms with E-state index < -0.39 is 6.04 Å². The third kappa shape index (κ3) is 9.58. The molecule has 5 rings (SSSR count). The number of nitrogens with zero attached hydrogens (tertiary/aromatic N) is 3. The standard InChI is InChI=1S/C35H52ClFN8O3/c1-2-48-32-5-3-4-29(37)28(32)23-44-16-18-45(19-17-44)35(47)33(39)24-8-13-43(14-9-24)15-10-25-20-26(36)6-7-30(25)42-27-21-31(41-22-27)34(46)40-12-11-38/h3-7,20,24,27,31,33,41-42H,2,8-19,21-23,38-39H2,1H3,(H,40,46)/t27-,31-,33-/m1/s1. The molecule has 11 nitrogen and oxygen atoms in total. The molecule has 2 aromatic rings. The number of halogens is 2. The maximum atomic E-state index is 14.6. The number of carbonyl (C=O) groups excluding carboxylic acids is 2. The topological polar surface area (TPSA) is 141 Å². The Morgan fingerprint density at radius 3 is 2.60 bits per heavy atom. The van der Waals surface area contributed by atoms with Crippen LogP contribution < -0.4 is 32.2 Å². The van der Waals surface area contributed by atoms with Gasteiger partial charge in [-0.05, 0) is 87.5 Å². The lowest BCUT2D eigenvalue weighted by Gasteiger charge is -2.39. The highest BCUT2D eigenvalue weighted by Gasteiger charge is 2.33. The molecule has 3 saturated heterocycles. The Morgan fingerprint density at radius 1 is 1.10 bits per heavy atom. The van der Waals surface area contributed by atoms with Crippen LogP contribution in [0.1, 0.15) is 37.3 Å². The van der Waals surface area contributed by atoms with Crippen LogP contribution in [0.4, 0.5) is 10.1 Å². The number of piperidine rings is 1. The number of amides is 2. The van der Waals surface area contributed by atoms with Crippen molar-refractivity contribution in [1.82, 2.24) is 25.3 Å². The third-order valence-corrected chi connectivity index (χ3v) is 10.1. The predicted molar refractivity (Wildman–Crippen MR) is 188 cm³/mol. The molecular weight excluding hydrogens is 635 g/mol. The maximum absolute atomic E-state index is 14.6. The van der Waals surface area contributed by atoms with Gasteiger partial charge in [-0.15, -0.1) is 0 Å². The third-order valence-electron chi connectivity index (χ3n) is 9.88. The van der Waals surface area contributed by atoms with Crippen LogP contribution in [-0.4, -0.2) is 117 Å². The lowest BCUT2D eigenvalue weighted by Crippen LogP contribution is -2.55. The molecule has 3 aliphatic heterocycles. The Bertz CT molecular complexity index is 1370. The van der Waals surface area contributed by atoms with E-state index >= 15 is 0 Å². The molecule has 0 bridgehead atoms. The van der Waals surface area contributed by atoms with Gasteiger partial charge in [0.1, 0.15) is 11.6 Å². The zero-order valence-electron chi connectivity index (χ0n) is 28.1. The number of hydrogen-bond donors (Lipinski definition) is 5. The lowest BCUT2D eigenvalue weighted by atomic mass is 9.88. The van der Waals surface area contributed by atoms with Gasteiger partial charge in [0.25, 0.3) is 0 Å². The summed E-state index contributed by atoms with van der Waals surface area (Å²) < 4.78 is 20.2. The van der Waals surface area contributed by atoms with Crippen molar-refractivity contribution in [3.63, 3.8) is 0 Å². The van der Waals surface area contributed by atoms with Crippen LogP contribution in [0, 0.1) is 11.7 Å². The zero-order valence-corrected chi connectivity index (χ0v) is 28.8. The first kappa shape index (κ1) is 36.3. The maximum Gasteiger partial charge on any atom is 0.239 e. The van der Waals surface area contributed by atoms with E-state index in [0.29, 0.717) is 81.7 Å². The van der Waals surface area contributed by atoms with Gasteiger partial charge in [0.15, 0.2) is 0 Å². The highest BCUT2D eigenvalue weighted by Crippen LogP contribution is 2.27. The van der Waals surface area contributed by atoms with Gasteiger partial charge in [0.05, 0.1) is 18.7 Å². The van der Waals surface area contributed by atoms with E-state index in [1.54, 1.807) is 12.1 Å². The summed E-state index contributed by atoms with van der Waals surface area (Å²) in [5.74, 6) is 0.465. The number of benzene rings is 2. The summed E-state index contributed by atoms with van der Waals surface area (Å²) >= 11 is 6.39. The number of piperazine rings is 1. The molecule has 13 heteroatoms. The second-order valence-corrected chi connectivity index (χ2v) is 13.6. The molecule has 3 heterocycles. The normalized spacial score (nSPS) is 21.6. The van der Waals surface area contributed by atoms with Crippen LogP contribution in [0.25, 0.3) is 0 Å². The van der Waals surface area contributed by atoms with Crippen molar-refractivity contribution in [2.75, 3.05) is 77.4 Å². The average Bonchev–Trinajstić information content (AvgIpc) is 3.57. The van der Waals surface area contributed by atoms with Crippen LogP contribution in [-0.2, 0) is 22.6 Å². The monoisotopic (exact) mass is 686 g/mol. The summed E-state index contributed by atoms with van der Waals surface area (Å²) in [5.41, 5.74) is 14.9. The fraction of sp³-hybridized carbons (Fsp3) is 0.600. The van der Waals surface area contributed by atoms with E-state index in [9.17, 15) is 14.0 Å². The van der Waals surface area contributed by atoms with Gasteiger partial charge in [-0.2, -0.15) is 0 Å². The van der Waals surface area contributed by atoms with Gasteiger partial charge in [0.2, 0.25) is 11.8 Å². The number of ether oxygens (including phenoxy) is 1. The summed E-state index contributed by atoms with van der Waals surface area (Å²) in [4.78, 5) is 32.2. The van der Waals surface area contributed by atoms with Crippen LogP contribution in [0.5, 0.6) is 5.75 Å². The summed E-state index contributed by atoms with van der Waals surface area (Å²) in [7, 11) is 0. The quantitative estimate of drug-likeness (QED) is 0.202. The van der Waals surface area contributed by atoms with Crippen LogP contribution in [0.15, 0.2) is 36.4 Å². The Morgan fingerprint density at radius 2 is 1.88 bits per heavy atom. The van der Waals surface area contributed by atoms with E-state index in [2.05, 4.69) is 25.8 Å². The van der Waals surface area contributed by atoms with Crippen molar-refractivity contribution in [3.8, 4) is 5.75 Å². The molecule has 0 saturated carbocycles. The second-order valence-electron chi connectivity index (χ2n) is 13.1. The van der Waals surface area contributed by atoms with Crippen LogP contribution in [0.2, 0.25) is 5.02 Å². The van der Waals surface area contributed by atoms with E-state index in [4.69, 9.17) is 27.8 Å². The number of likely N-dealkylation sites (tertiary alicyclic amines) is 1. The molecule has 0 aromatic heterocycles. The highest BCUT2D eigenvalue weighted by atomic mass is 35.5. The summed E-state index contributed by atoms with van der Waals surface area (Å²) in [6.07, 6.45) is 3.29. The van der Waals surface area contributed by atoms with E-state index in [1.807, 2.05) is 30.0 Å². The van der Waals surface area contributed by atoms with Crippen molar-refractivity contribution in [3.05, 3.63) is 58.4 Å². The van der Waals surface area contributed by atoms with Crippen LogP contribution >= 0.6 is 11.6 Å². The molecule has 3 atom stereocenters. The lowest BCUT2D eigenvalue weighted by molar-refractivity contribution is -0.136. The highest BCUT2D eigenvalue weighted by molar-refractivity contribution is 6.30. The molecule has 2 amide bonds. The Labute approximate surface area is 288 Å². The first-order valence-corrected chi connectivity index (χ1v) is 17.8. The number of anilines is 1. The number of nitrogens with one attached hydrogen (secondary N) is 3. The number of rotatable bonds is 14. The molecule has 2 aromatic carbocycles. The first-order valence-electron chi connectivity index (χ1n) is 17.4. The second kappa shape index (κ2) is 17.6. The largest absolute Gasteiger partial charge is 0.493 e. The molecule has 0 radical (unpaired) electrons. The minimum atomic E-state index is -0.514. The molecule has 0 unspecified atom stereocenters. The SMILES string of the molecule is CCOc1cccc(F)c1CN1CCN(C(=O)[C@H](N)C2CCN(CCc3cc(Cl)ccc3N[C@H]3CN[C@@H](C(=O)NCCN)C3)CC2)CC1. The van der Waals surface area contributed by atoms with Gasteiger partial charge in [-0.25, -0.2) is 4.39 Å². The van der Waals surface area contributed by atoms with E-state index in [-0.39, 0.29) is 35.6 Å². The van der Waals surface area contributed by atoms with Crippen LogP contribution in [0.3, 0.4) is 0 Å². The van der Waals surface area contributed by atoms with Gasteiger partial charge in [0, 0.05) is 81.2 Å². The minimum Gasteiger partial charge on any atom is -0.493 e. The fourth-order valence-electron chi connectivity index (χ4n) is 7.05. The molecule has 3 aliphatic rings. The van der Waals surface area contributed by atoms with Gasteiger partial charge in [-0.3, -0.25) is 14.5 Å². The van der Waals surface area contributed by atoms with Crippen molar-refractivity contribution in [2.24, 2.45) is 17.4 Å². The van der Waals surface area contributed by atoms with Crippen molar-refractivity contribution in [1.29, 1.82) is 0 Å². The fourth-order valence-corrected chi connectivity index (χ4v) is 7.25.